The van der Waals surface area contributed by atoms with Crippen molar-refractivity contribution in [2.45, 2.75) is 79.1 Å². The minimum atomic E-state index is -2.56. The van der Waals surface area contributed by atoms with Crippen molar-refractivity contribution in [1.82, 2.24) is 0 Å². The van der Waals surface area contributed by atoms with Crippen LogP contribution < -0.4 is 13.6 Å². The first-order chi connectivity index (χ1) is 19.9. The third-order valence-electron chi connectivity index (χ3n) is 9.02. The summed E-state index contributed by atoms with van der Waals surface area (Å²) < 4.78 is 3.55. The van der Waals surface area contributed by atoms with E-state index in [0.717, 1.165) is 12.8 Å². The topological polar surface area (TPSA) is 0 Å². The van der Waals surface area contributed by atoms with Gasteiger partial charge in [-0.15, -0.1) is 0 Å². The number of aryl methyl sites for hydroxylation is 2. The van der Waals surface area contributed by atoms with Gasteiger partial charge in [0, 0.05) is 0 Å². The molecule has 212 valence electrons. The Morgan fingerprint density at radius 3 is 1.79 bits per heavy atom. The van der Waals surface area contributed by atoms with Crippen LogP contribution in [0, 0.1) is 13.8 Å². The third kappa shape index (κ3) is 5.58. The van der Waals surface area contributed by atoms with E-state index in [-0.39, 0.29) is 10.8 Å². The molecule has 6 rings (SSSR count). The van der Waals surface area contributed by atoms with E-state index in [0.29, 0.717) is 0 Å². The molecule has 0 bridgehead atoms. The first-order valence-corrected chi connectivity index (χ1v) is 23.1. The predicted octanol–water partition coefficient (Wildman–Crippen LogP) is 8.36. The molecule has 0 radical (unpaired) electrons. The summed E-state index contributed by atoms with van der Waals surface area (Å²) in [5.41, 5.74) is 11.0. The Kier molecular flexibility index (Phi) is 7.86. The zero-order valence-electron chi connectivity index (χ0n) is 26.7. The molecule has 0 heterocycles. The molecule has 4 aromatic carbocycles. The van der Waals surface area contributed by atoms with Gasteiger partial charge < -0.3 is 0 Å². The monoisotopic (exact) mass is 642 g/mol. The van der Waals surface area contributed by atoms with E-state index in [9.17, 15) is 0 Å². The summed E-state index contributed by atoms with van der Waals surface area (Å²) in [5.74, 6) is 0. The molecule has 0 saturated carbocycles. The molecule has 0 spiro atoms. The van der Waals surface area contributed by atoms with Crippen LogP contribution in [0.5, 0.6) is 0 Å². The fourth-order valence-corrected chi connectivity index (χ4v) is 28.1. The van der Waals surface area contributed by atoms with Gasteiger partial charge >= 0.3 is 263 Å². The molecule has 0 nitrogen and oxygen atoms in total. The Hall–Kier alpha value is -2.54. The van der Waals surface area contributed by atoms with Crippen LogP contribution in [-0.2, 0) is 37.6 Å². The van der Waals surface area contributed by atoms with Crippen LogP contribution in [0.2, 0.25) is 0 Å². The molecule has 0 aromatic heterocycles. The molecular weight excluding hydrogens is 600 g/mol. The summed E-state index contributed by atoms with van der Waals surface area (Å²) in [6.07, 6.45) is 9.45. The van der Waals surface area contributed by atoms with Gasteiger partial charge in [0.1, 0.15) is 0 Å². The Morgan fingerprint density at radius 2 is 1.26 bits per heavy atom. The molecule has 0 amide bonds. The second kappa shape index (κ2) is 11.2. The summed E-state index contributed by atoms with van der Waals surface area (Å²) in [6, 6.07) is 31.6. The molecule has 0 atom stereocenters. The van der Waals surface area contributed by atoms with Gasteiger partial charge in [0.15, 0.2) is 0 Å². The van der Waals surface area contributed by atoms with E-state index < -0.39 is 25.8 Å². The van der Waals surface area contributed by atoms with E-state index >= 15 is 0 Å². The number of fused-ring (bicyclic) bond motifs is 3. The van der Waals surface area contributed by atoms with Gasteiger partial charge in [-0.05, 0) is 0 Å². The minimum absolute atomic E-state index is 0.0850. The molecule has 4 aromatic rings. The van der Waals surface area contributed by atoms with Crippen molar-refractivity contribution in [3.63, 3.8) is 0 Å². The second-order valence-corrected chi connectivity index (χ2v) is 27.6. The van der Waals surface area contributed by atoms with Gasteiger partial charge in [0.05, 0.1) is 0 Å². The molecule has 42 heavy (non-hydrogen) atoms. The molecule has 0 N–H and O–H groups in total. The van der Waals surface area contributed by atoms with Gasteiger partial charge in [0.25, 0.3) is 0 Å². The zero-order chi connectivity index (χ0) is 29.8. The maximum atomic E-state index is 2.52. The Labute approximate surface area is 261 Å². The van der Waals surface area contributed by atoms with Gasteiger partial charge in [-0.25, -0.2) is 0 Å². The molecule has 2 aliphatic rings. The van der Waals surface area contributed by atoms with Crippen LogP contribution >= 0.6 is 0 Å². The van der Waals surface area contributed by atoms with Crippen molar-refractivity contribution in [3.05, 3.63) is 134 Å². The van der Waals surface area contributed by atoms with Gasteiger partial charge in [-0.2, -0.15) is 0 Å². The second-order valence-electron chi connectivity index (χ2n) is 14.4. The number of benzene rings is 4. The number of rotatable bonds is 4. The predicted molar refractivity (Wildman–Crippen MR) is 181 cm³/mol. The summed E-state index contributed by atoms with van der Waals surface area (Å²) in [5, 5.41) is 3.17. The fraction of sp³-hybridized carbons (Fsp3) is 0.300. The number of hydrogen-bond acceptors (Lipinski definition) is 0. The standard InChI is InChI=1S/C21H25.C14H14Si.C5H5.Zr/c1-20(2,3)16-7-9-18-14(12-16)11-15-13-17(21(4,5)6)8-10-19(15)18;1-11-3-7-13(8-4-11)15-14-9-5-12(2)6-10-14;1-2-4-5-3-1;/h7-10,12H,11H2,1-6H3;3-10H,1-2H3;1-3H,4H2;. The van der Waals surface area contributed by atoms with Crippen LogP contribution in [0.1, 0.15) is 81.3 Å². The Balaban J connectivity index is 1.72. The molecule has 2 aliphatic carbocycles. The molecule has 0 fully saturated rings. The van der Waals surface area contributed by atoms with E-state index in [2.05, 4.69) is 152 Å². The molecule has 2 heteroatoms. The van der Waals surface area contributed by atoms with Crippen LogP contribution in [0.3, 0.4) is 0 Å². The zero-order valence-corrected chi connectivity index (χ0v) is 30.1. The van der Waals surface area contributed by atoms with Gasteiger partial charge in [-0.3, -0.25) is 0 Å². The van der Waals surface area contributed by atoms with Crippen molar-refractivity contribution in [1.29, 1.82) is 0 Å². The van der Waals surface area contributed by atoms with Crippen molar-refractivity contribution in [2.75, 3.05) is 0 Å². The maximum absolute atomic E-state index is 2.56. The van der Waals surface area contributed by atoms with Crippen molar-refractivity contribution in [2.24, 2.45) is 0 Å². The first kappa shape index (κ1) is 29.5. The van der Waals surface area contributed by atoms with Crippen LogP contribution in [0.15, 0.2) is 100 Å². The number of hydrogen-bond donors (Lipinski definition) is 0. The Morgan fingerprint density at radius 1 is 0.667 bits per heavy atom. The SMILES string of the molecule is Cc1ccc([Si](c2ccc(C)cc2)=[Zr]([C]2=CC=CC2)[c]2c(C(C)(C)C)ccc3c2Cc2cc(C(C)(C)C)ccc2-3)cc1. The average Bonchev–Trinajstić information content (AvgIpc) is 3.59. The molecular formula is C40H44SiZr. The van der Waals surface area contributed by atoms with Crippen molar-refractivity contribution < 1.29 is 20.4 Å². The summed E-state index contributed by atoms with van der Waals surface area (Å²) >= 11 is -2.56. The third-order valence-corrected chi connectivity index (χ3v) is 27.8. The average molecular weight is 644 g/mol. The van der Waals surface area contributed by atoms with Gasteiger partial charge in [-0.1, -0.05) is 0 Å². The van der Waals surface area contributed by atoms with E-state index in [1.54, 1.807) is 28.1 Å². The molecule has 0 unspecified atom stereocenters. The fourth-order valence-electron chi connectivity index (χ4n) is 6.63. The van der Waals surface area contributed by atoms with E-state index in [1.807, 2.05) is 0 Å². The molecule has 0 aliphatic heterocycles. The van der Waals surface area contributed by atoms with Crippen molar-refractivity contribution >= 4 is 19.1 Å². The van der Waals surface area contributed by atoms with E-state index in [1.165, 1.54) is 33.4 Å². The summed E-state index contributed by atoms with van der Waals surface area (Å²) in [7, 11) is 0. The normalized spacial score (nSPS) is 14.0. The van der Waals surface area contributed by atoms with Crippen molar-refractivity contribution in [3.8, 4) is 11.1 Å². The quantitative estimate of drug-likeness (QED) is 0.173. The van der Waals surface area contributed by atoms with Gasteiger partial charge in [0.2, 0.25) is 0 Å². The summed E-state index contributed by atoms with van der Waals surface area (Å²) in [6.45, 7) is 18.8. The van der Waals surface area contributed by atoms with Crippen LogP contribution in [0.25, 0.3) is 11.1 Å². The molecule has 0 saturated heterocycles. The number of allylic oxidation sites excluding steroid dienone is 4. The first-order valence-electron chi connectivity index (χ1n) is 15.5. The summed E-state index contributed by atoms with van der Waals surface area (Å²) in [4.78, 5) is 0. The van der Waals surface area contributed by atoms with Crippen LogP contribution in [-0.4, -0.2) is 5.43 Å². The van der Waals surface area contributed by atoms with Crippen LogP contribution in [0.4, 0.5) is 0 Å². The Bertz CT molecular complexity index is 1720. The van der Waals surface area contributed by atoms with E-state index in [4.69, 9.17) is 0 Å².